The van der Waals surface area contributed by atoms with E-state index < -0.39 is 11.7 Å². The number of rotatable bonds is 4. The van der Waals surface area contributed by atoms with Crippen LogP contribution in [0.2, 0.25) is 0 Å². The number of nitrogens with one attached hydrogen (secondary N) is 1. The lowest BCUT2D eigenvalue weighted by Crippen LogP contribution is -2.28. The van der Waals surface area contributed by atoms with Crippen LogP contribution in [0.3, 0.4) is 0 Å². The second-order valence-corrected chi connectivity index (χ2v) is 5.60. The fourth-order valence-corrected chi connectivity index (χ4v) is 2.45. The minimum atomic E-state index is -0.466. The highest BCUT2D eigenvalue weighted by Gasteiger charge is 2.17. The molecule has 1 saturated heterocycles. The van der Waals surface area contributed by atoms with Gasteiger partial charge in [-0.05, 0) is 31.9 Å². The Morgan fingerprint density at radius 1 is 1.42 bits per heavy atom. The van der Waals surface area contributed by atoms with E-state index in [0.717, 1.165) is 25.6 Å². The molecule has 1 amide bonds. The number of halogens is 1. The summed E-state index contributed by atoms with van der Waals surface area (Å²) < 4.78 is 24.1. The van der Waals surface area contributed by atoms with Gasteiger partial charge < -0.3 is 14.8 Å². The van der Waals surface area contributed by atoms with Gasteiger partial charge in [-0.15, -0.1) is 0 Å². The summed E-state index contributed by atoms with van der Waals surface area (Å²) in [6.45, 7) is 3.09. The Bertz CT molecular complexity index is 716. The van der Waals surface area contributed by atoms with Gasteiger partial charge in [-0.1, -0.05) is 0 Å². The van der Waals surface area contributed by atoms with Crippen molar-refractivity contribution in [2.45, 2.75) is 25.9 Å². The number of nitrogens with zero attached hydrogens (tertiary/aromatic N) is 2. The van der Waals surface area contributed by atoms with Crippen LogP contribution in [0, 0.1) is 12.7 Å². The number of aromatic nitrogens is 2. The van der Waals surface area contributed by atoms with E-state index in [2.05, 4.69) is 15.3 Å². The molecule has 0 saturated carbocycles. The number of hydrogen-bond acceptors (Lipinski definition) is 5. The molecule has 1 N–H and O–H groups in total. The molecule has 24 heavy (non-hydrogen) atoms. The first kappa shape index (κ1) is 16.3. The first-order valence-electron chi connectivity index (χ1n) is 7.76. The lowest BCUT2D eigenvalue weighted by atomic mass is 10.2. The number of amides is 1. The van der Waals surface area contributed by atoms with Crippen molar-refractivity contribution in [2.75, 3.05) is 18.5 Å². The molecule has 1 atom stereocenters. The minimum Gasteiger partial charge on any atom is -0.488 e. The van der Waals surface area contributed by atoms with Crippen LogP contribution in [0.1, 0.15) is 29.0 Å². The van der Waals surface area contributed by atoms with Gasteiger partial charge in [0.1, 0.15) is 29.2 Å². The van der Waals surface area contributed by atoms with Gasteiger partial charge in [0.15, 0.2) is 0 Å². The zero-order valence-electron chi connectivity index (χ0n) is 13.3. The standard InChI is InChI=1S/C17H18FN3O3/c1-11-7-14(24-13-3-2-6-23-10-13)8-15(20-11)17(22)21-16-5-4-12(18)9-19-16/h4-5,7-9,13H,2-3,6,10H2,1H3,(H,19,21,22)/t13-/m1/s1. The first-order chi connectivity index (χ1) is 11.6. The van der Waals surface area contributed by atoms with Crippen LogP contribution in [-0.4, -0.2) is 35.2 Å². The lowest BCUT2D eigenvalue weighted by Gasteiger charge is -2.23. The van der Waals surface area contributed by atoms with Crippen LogP contribution in [0.25, 0.3) is 0 Å². The van der Waals surface area contributed by atoms with Crippen molar-refractivity contribution >= 4 is 11.7 Å². The fourth-order valence-electron chi connectivity index (χ4n) is 2.45. The SMILES string of the molecule is Cc1cc(O[C@@H]2CCCOC2)cc(C(=O)Nc2ccc(F)cn2)n1. The van der Waals surface area contributed by atoms with Crippen LogP contribution >= 0.6 is 0 Å². The molecule has 1 fully saturated rings. The third kappa shape index (κ3) is 4.26. The quantitative estimate of drug-likeness (QED) is 0.932. The molecule has 3 heterocycles. The van der Waals surface area contributed by atoms with E-state index in [4.69, 9.17) is 9.47 Å². The molecule has 1 aliphatic heterocycles. The van der Waals surface area contributed by atoms with Gasteiger partial charge >= 0.3 is 0 Å². The lowest BCUT2D eigenvalue weighted by molar-refractivity contribution is 0.00734. The molecule has 0 aliphatic carbocycles. The smallest absolute Gasteiger partial charge is 0.275 e. The van der Waals surface area contributed by atoms with E-state index in [1.54, 1.807) is 19.1 Å². The first-order valence-corrected chi connectivity index (χ1v) is 7.76. The summed E-state index contributed by atoms with van der Waals surface area (Å²) in [7, 11) is 0. The molecule has 7 heteroatoms. The zero-order chi connectivity index (χ0) is 16.9. The minimum absolute atomic E-state index is 0.0183. The Hall–Kier alpha value is -2.54. The van der Waals surface area contributed by atoms with Crippen LogP contribution < -0.4 is 10.1 Å². The molecular formula is C17H18FN3O3. The van der Waals surface area contributed by atoms with Gasteiger partial charge in [0.05, 0.1) is 12.8 Å². The van der Waals surface area contributed by atoms with E-state index >= 15 is 0 Å². The third-order valence-corrected chi connectivity index (χ3v) is 3.55. The van der Waals surface area contributed by atoms with Crippen LogP contribution in [0.15, 0.2) is 30.5 Å². The molecule has 6 nitrogen and oxygen atoms in total. The van der Waals surface area contributed by atoms with Crippen molar-refractivity contribution in [3.05, 3.63) is 47.7 Å². The van der Waals surface area contributed by atoms with Crippen molar-refractivity contribution < 1.29 is 18.7 Å². The van der Waals surface area contributed by atoms with E-state index in [1.165, 1.54) is 12.1 Å². The average Bonchev–Trinajstić information content (AvgIpc) is 2.57. The van der Waals surface area contributed by atoms with Gasteiger partial charge in [-0.2, -0.15) is 0 Å². The van der Waals surface area contributed by atoms with Gasteiger partial charge in [0.25, 0.3) is 5.91 Å². The highest BCUT2D eigenvalue weighted by molar-refractivity contribution is 6.02. The van der Waals surface area contributed by atoms with Crippen molar-refractivity contribution in [1.82, 2.24) is 9.97 Å². The van der Waals surface area contributed by atoms with Crippen molar-refractivity contribution in [1.29, 1.82) is 0 Å². The second kappa shape index (κ2) is 7.35. The predicted octanol–water partition coefficient (Wildman–Crippen LogP) is 2.73. The summed E-state index contributed by atoms with van der Waals surface area (Å²) >= 11 is 0. The molecule has 0 radical (unpaired) electrons. The number of pyridine rings is 2. The maximum atomic E-state index is 12.9. The summed E-state index contributed by atoms with van der Waals surface area (Å²) in [5.41, 5.74) is 0.884. The Morgan fingerprint density at radius 3 is 3.00 bits per heavy atom. The van der Waals surface area contributed by atoms with Gasteiger partial charge in [-0.25, -0.2) is 14.4 Å². The maximum absolute atomic E-state index is 12.9. The van der Waals surface area contributed by atoms with Crippen molar-refractivity contribution in [2.24, 2.45) is 0 Å². The van der Waals surface area contributed by atoms with E-state index in [9.17, 15) is 9.18 Å². The molecule has 3 rings (SSSR count). The monoisotopic (exact) mass is 331 g/mol. The molecule has 0 spiro atoms. The van der Waals surface area contributed by atoms with Crippen LogP contribution in [-0.2, 0) is 4.74 Å². The number of aryl methyl sites for hydroxylation is 1. The highest BCUT2D eigenvalue weighted by Crippen LogP contribution is 2.20. The second-order valence-electron chi connectivity index (χ2n) is 5.60. The normalized spacial score (nSPS) is 17.3. The van der Waals surface area contributed by atoms with E-state index in [1.807, 2.05) is 0 Å². The molecule has 2 aromatic rings. The van der Waals surface area contributed by atoms with Gasteiger partial charge in [-0.3, -0.25) is 4.79 Å². The summed E-state index contributed by atoms with van der Waals surface area (Å²) in [5, 5.41) is 2.58. The van der Waals surface area contributed by atoms with Gasteiger partial charge in [0, 0.05) is 24.4 Å². The van der Waals surface area contributed by atoms with Gasteiger partial charge in [0.2, 0.25) is 0 Å². The van der Waals surface area contributed by atoms with Crippen LogP contribution in [0.4, 0.5) is 10.2 Å². The third-order valence-electron chi connectivity index (χ3n) is 3.55. The fraction of sp³-hybridized carbons (Fsp3) is 0.353. The molecule has 0 unspecified atom stereocenters. The number of carbonyl (C=O) groups excluding carboxylic acids is 1. The summed E-state index contributed by atoms with van der Waals surface area (Å²) in [6.07, 6.45) is 2.90. The predicted molar refractivity (Wildman–Crippen MR) is 85.6 cm³/mol. The molecule has 1 aliphatic rings. The van der Waals surface area contributed by atoms with Crippen LogP contribution in [0.5, 0.6) is 5.75 Å². The number of ether oxygens (including phenoxy) is 2. The summed E-state index contributed by atoms with van der Waals surface area (Å²) in [5.74, 6) is -0.0577. The van der Waals surface area contributed by atoms with E-state index in [-0.39, 0.29) is 17.6 Å². The maximum Gasteiger partial charge on any atom is 0.275 e. The molecule has 126 valence electrons. The topological polar surface area (TPSA) is 73.3 Å². The zero-order valence-corrected chi connectivity index (χ0v) is 13.3. The molecule has 0 bridgehead atoms. The summed E-state index contributed by atoms with van der Waals surface area (Å²) in [6, 6.07) is 5.98. The number of hydrogen-bond donors (Lipinski definition) is 1. The Balaban J connectivity index is 1.72. The highest BCUT2D eigenvalue weighted by atomic mass is 19.1. The van der Waals surface area contributed by atoms with Crippen molar-refractivity contribution in [3.8, 4) is 5.75 Å². The van der Waals surface area contributed by atoms with Crippen molar-refractivity contribution in [3.63, 3.8) is 0 Å². The average molecular weight is 331 g/mol. The van der Waals surface area contributed by atoms with E-state index in [0.29, 0.717) is 18.1 Å². The Kier molecular flexibility index (Phi) is 5.00. The molecular weight excluding hydrogens is 313 g/mol. The largest absolute Gasteiger partial charge is 0.488 e. The molecule has 2 aromatic heterocycles. The Labute approximate surface area is 139 Å². The number of carbonyl (C=O) groups is 1. The Morgan fingerprint density at radius 2 is 2.29 bits per heavy atom. The molecule has 0 aromatic carbocycles. The summed E-state index contributed by atoms with van der Waals surface area (Å²) in [4.78, 5) is 20.3. The number of anilines is 1.